The summed E-state index contributed by atoms with van der Waals surface area (Å²) in [5, 5.41) is 0. The molecule has 0 aliphatic carbocycles. The number of fused-ring (bicyclic) bond motifs is 2. The van der Waals surface area contributed by atoms with Crippen molar-refractivity contribution in [3.05, 3.63) is 0 Å². The highest BCUT2D eigenvalue weighted by molar-refractivity contribution is 5.52. The summed E-state index contributed by atoms with van der Waals surface area (Å²) in [6.07, 6.45) is 3.03. The van der Waals surface area contributed by atoms with Crippen LogP contribution in [0.3, 0.4) is 0 Å². The summed E-state index contributed by atoms with van der Waals surface area (Å²) in [7, 11) is 0. The van der Waals surface area contributed by atoms with Crippen LogP contribution in [0.1, 0.15) is 6.42 Å². The number of carbonyl (C=O) groups excluding carboxylic acids is 1. The van der Waals surface area contributed by atoms with Gasteiger partial charge in [0.05, 0.1) is 18.8 Å². The molecule has 3 rings (SSSR count). The summed E-state index contributed by atoms with van der Waals surface area (Å²) in [6, 6.07) is 0. The minimum atomic E-state index is 0.429. The summed E-state index contributed by atoms with van der Waals surface area (Å²) in [5.74, 6) is 0. The van der Waals surface area contributed by atoms with Crippen LogP contribution in [-0.4, -0.2) is 43.0 Å². The minimum Gasteiger partial charge on any atom is -0.372 e. The Morgan fingerprint density at radius 2 is 2.10 bits per heavy atom. The highest BCUT2D eigenvalue weighted by atomic mass is 16.5. The highest BCUT2D eigenvalue weighted by Gasteiger charge is 2.37. The van der Waals surface area contributed by atoms with Crippen LogP contribution in [-0.2, 0) is 9.53 Å². The van der Waals surface area contributed by atoms with Gasteiger partial charge in [0.1, 0.15) is 6.29 Å². The molecular formula is C7H11NO2. The second kappa shape index (κ2) is 2.32. The number of morpholine rings is 1. The summed E-state index contributed by atoms with van der Waals surface area (Å²) in [5.41, 5.74) is 0. The maximum Gasteiger partial charge on any atom is 0.133 e. The molecule has 0 amide bonds. The van der Waals surface area contributed by atoms with Gasteiger partial charge >= 0.3 is 0 Å². The predicted molar refractivity (Wildman–Crippen MR) is 35.8 cm³/mol. The lowest BCUT2D eigenvalue weighted by atomic mass is 9.99. The minimum absolute atomic E-state index is 0.429. The van der Waals surface area contributed by atoms with E-state index < -0.39 is 0 Å². The average Bonchev–Trinajstić information content (AvgIpc) is 1.87. The SMILES string of the molecule is O=CCN1CC2CC(C1)O2. The second-order valence-electron chi connectivity index (χ2n) is 3.00. The number of hydrogen-bond donors (Lipinski definition) is 0. The third-order valence-electron chi connectivity index (χ3n) is 2.17. The molecule has 0 saturated carbocycles. The van der Waals surface area contributed by atoms with Gasteiger partial charge < -0.3 is 9.53 Å². The van der Waals surface area contributed by atoms with Crippen LogP contribution in [0.15, 0.2) is 0 Å². The summed E-state index contributed by atoms with van der Waals surface area (Å²) >= 11 is 0. The number of carbonyl (C=O) groups is 1. The van der Waals surface area contributed by atoms with Gasteiger partial charge in [-0.25, -0.2) is 0 Å². The first-order valence-corrected chi connectivity index (χ1v) is 3.70. The number of nitrogens with zero attached hydrogens (tertiary/aromatic N) is 1. The van der Waals surface area contributed by atoms with E-state index in [-0.39, 0.29) is 0 Å². The summed E-state index contributed by atoms with van der Waals surface area (Å²) in [4.78, 5) is 12.3. The zero-order valence-electron chi connectivity index (χ0n) is 5.82. The van der Waals surface area contributed by atoms with Crippen molar-refractivity contribution in [2.75, 3.05) is 19.6 Å². The predicted octanol–water partition coefficient (Wildman–Crippen LogP) is -0.342. The Morgan fingerprint density at radius 3 is 2.60 bits per heavy atom. The fourth-order valence-corrected chi connectivity index (χ4v) is 1.69. The van der Waals surface area contributed by atoms with E-state index in [1.54, 1.807) is 0 Å². The van der Waals surface area contributed by atoms with Gasteiger partial charge in [0, 0.05) is 19.5 Å². The first kappa shape index (κ1) is 6.31. The Labute approximate surface area is 60.0 Å². The lowest BCUT2D eigenvalue weighted by Gasteiger charge is -2.46. The number of hydrogen-bond acceptors (Lipinski definition) is 3. The van der Waals surface area contributed by atoms with Crippen LogP contribution in [0, 0.1) is 0 Å². The largest absolute Gasteiger partial charge is 0.372 e. The molecule has 0 aromatic heterocycles. The molecule has 3 saturated heterocycles. The smallest absolute Gasteiger partial charge is 0.133 e. The van der Waals surface area contributed by atoms with E-state index in [0.717, 1.165) is 19.4 Å². The number of ether oxygens (including phenoxy) is 1. The monoisotopic (exact) mass is 141 g/mol. The van der Waals surface area contributed by atoms with E-state index in [4.69, 9.17) is 4.74 Å². The molecule has 3 heteroatoms. The lowest BCUT2D eigenvalue weighted by molar-refractivity contribution is -0.180. The van der Waals surface area contributed by atoms with Gasteiger partial charge in [0.2, 0.25) is 0 Å². The molecule has 0 aromatic carbocycles. The van der Waals surface area contributed by atoms with Crippen molar-refractivity contribution in [2.45, 2.75) is 18.6 Å². The molecule has 10 heavy (non-hydrogen) atoms. The molecule has 3 aliphatic heterocycles. The van der Waals surface area contributed by atoms with Crippen LogP contribution >= 0.6 is 0 Å². The lowest BCUT2D eigenvalue weighted by Crippen LogP contribution is -2.57. The van der Waals surface area contributed by atoms with Crippen LogP contribution in [0.2, 0.25) is 0 Å². The Balaban J connectivity index is 1.85. The van der Waals surface area contributed by atoms with Crippen molar-refractivity contribution >= 4 is 6.29 Å². The van der Waals surface area contributed by atoms with Gasteiger partial charge in [-0.1, -0.05) is 0 Å². The van der Waals surface area contributed by atoms with Crippen LogP contribution < -0.4 is 0 Å². The standard InChI is InChI=1S/C7H11NO2/c9-2-1-8-4-6-3-7(5-8)10-6/h2,6-7H,1,3-5H2. The number of aldehydes is 1. The Hall–Kier alpha value is -0.410. The number of rotatable bonds is 2. The zero-order valence-corrected chi connectivity index (χ0v) is 5.82. The molecule has 3 fully saturated rings. The highest BCUT2D eigenvalue weighted by Crippen LogP contribution is 2.27. The van der Waals surface area contributed by atoms with Gasteiger partial charge in [-0.2, -0.15) is 0 Å². The van der Waals surface area contributed by atoms with E-state index in [9.17, 15) is 4.79 Å². The quantitative estimate of drug-likeness (QED) is 0.493. The van der Waals surface area contributed by atoms with Gasteiger partial charge in [-0.15, -0.1) is 0 Å². The number of piperidine rings is 1. The van der Waals surface area contributed by atoms with Gasteiger partial charge in [0.25, 0.3) is 0 Å². The molecular weight excluding hydrogens is 130 g/mol. The molecule has 0 radical (unpaired) electrons. The van der Waals surface area contributed by atoms with Crippen molar-refractivity contribution in [1.29, 1.82) is 0 Å². The van der Waals surface area contributed by atoms with Crippen LogP contribution in [0.25, 0.3) is 0 Å². The average molecular weight is 141 g/mol. The van der Waals surface area contributed by atoms with E-state index in [1.807, 2.05) is 0 Å². The molecule has 0 spiro atoms. The molecule has 2 atom stereocenters. The first-order valence-electron chi connectivity index (χ1n) is 3.70. The Bertz CT molecular complexity index is 133. The summed E-state index contributed by atoms with van der Waals surface area (Å²) < 4.78 is 5.39. The molecule has 3 aliphatic rings. The normalized spacial score (nSPS) is 38.8. The molecule has 3 heterocycles. The fraction of sp³-hybridized carbons (Fsp3) is 0.857. The second-order valence-corrected chi connectivity index (χ2v) is 3.00. The fourth-order valence-electron chi connectivity index (χ4n) is 1.69. The molecule has 3 nitrogen and oxygen atoms in total. The molecule has 2 bridgehead atoms. The third kappa shape index (κ3) is 0.954. The van der Waals surface area contributed by atoms with Crippen molar-refractivity contribution in [1.82, 2.24) is 4.90 Å². The zero-order chi connectivity index (χ0) is 6.97. The van der Waals surface area contributed by atoms with Crippen molar-refractivity contribution in [2.24, 2.45) is 0 Å². The Kier molecular flexibility index (Phi) is 1.47. The van der Waals surface area contributed by atoms with Crippen molar-refractivity contribution in [3.8, 4) is 0 Å². The van der Waals surface area contributed by atoms with Crippen LogP contribution in [0.4, 0.5) is 0 Å². The summed E-state index contributed by atoms with van der Waals surface area (Å²) in [6.45, 7) is 2.49. The van der Waals surface area contributed by atoms with E-state index in [0.29, 0.717) is 18.8 Å². The van der Waals surface area contributed by atoms with E-state index in [2.05, 4.69) is 4.90 Å². The van der Waals surface area contributed by atoms with E-state index in [1.165, 1.54) is 6.42 Å². The van der Waals surface area contributed by atoms with Crippen LogP contribution in [0.5, 0.6) is 0 Å². The Morgan fingerprint density at radius 1 is 1.50 bits per heavy atom. The van der Waals surface area contributed by atoms with Gasteiger partial charge in [-0.05, 0) is 0 Å². The van der Waals surface area contributed by atoms with Gasteiger partial charge in [-0.3, -0.25) is 4.90 Å². The maximum atomic E-state index is 10.1. The first-order chi connectivity index (χ1) is 4.88. The topological polar surface area (TPSA) is 29.5 Å². The van der Waals surface area contributed by atoms with Crippen molar-refractivity contribution < 1.29 is 9.53 Å². The van der Waals surface area contributed by atoms with Crippen molar-refractivity contribution in [3.63, 3.8) is 0 Å². The van der Waals surface area contributed by atoms with Gasteiger partial charge in [0.15, 0.2) is 0 Å². The third-order valence-corrected chi connectivity index (χ3v) is 2.17. The molecule has 0 N–H and O–H groups in total. The molecule has 0 aromatic rings. The molecule has 56 valence electrons. The maximum absolute atomic E-state index is 10.1. The molecule has 2 unspecified atom stereocenters. The van der Waals surface area contributed by atoms with E-state index >= 15 is 0 Å².